The minimum Gasteiger partial charge on any atom is -0.329 e. The van der Waals surface area contributed by atoms with Gasteiger partial charge in [0.1, 0.15) is 0 Å². The zero-order valence-corrected chi connectivity index (χ0v) is 12.0. The van der Waals surface area contributed by atoms with Crippen molar-refractivity contribution in [2.75, 3.05) is 20.1 Å². The van der Waals surface area contributed by atoms with Gasteiger partial charge in [-0.25, -0.2) is 0 Å². The lowest BCUT2D eigenvalue weighted by Gasteiger charge is -2.15. The van der Waals surface area contributed by atoms with E-state index in [1.54, 1.807) is 0 Å². The van der Waals surface area contributed by atoms with Gasteiger partial charge in [-0.15, -0.1) is 0 Å². The smallest absolute Gasteiger partial charge is 0.0968 e. The summed E-state index contributed by atoms with van der Waals surface area (Å²) in [7, 11) is 2.05. The third-order valence-electron chi connectivity index (χ3n) is 3.11. The molecule has 3 N–H and O–H groups in total. The van der Waals surface area contributed by atoms with Crippen LogP contribution in [-0.4, -0.2) is 35.2 Å². The van der Waals surface area contributed by atoms with Crippen LogP contribution in [0, 0.1) is 6.92 Å². The fraction of sp³-hybridized carbons (Fsp3) is 0.357. The lowest BCUT2D eigenvalue weighted by molar-refractivity contribution is 0.337. The largest absolute Gasteiger partial charge is 0.329 e. The molecule has 4 nitrogen and oxygen atoms in total. The normalized spacial score (nSPS) is 11.2. The predicted octanol–water partition coefficient (Wildman–Crippen LogP) is 2.43. The van der Waals surface area contributed by atoms with E-state index in [0.717, 1.165) is 34.9 Å². The number of H-pyrrole nitrogens is 1. The average molecular weight is 279 g/mol. The molecule has 5 heteroatoms. The molecule has 2 aromatic rings. The zero-order chi connectivity index (χ0) is 13.8. The van der Waals surface area contributed by atoms with Gasteiger partial charge < -0.3 is 10.6 Å². The first-order valence-electron chi connectivity index (χ1n) is 6.29. The Balaban J connectivity index is 2.28. The number of likely N-dealkylation sites (N-methyl/N-ethyl adjacent to an activating group) is 1. The van der Waals surface area contributed by atoms with Gasteiger partial charge in [-0.05, 0) is 31.7 Å². The molecule has 0 unspecified atom stereocenters. The van der Waals surface area contributed by atoms with Crippen molar-refractivity contribution in [2.24, 2.45) is 5.73 Å². The molecule has 0 aliphatic carbocycles. The standard InChI is InChI=1S/C14H19ClN4/c1-10-7-12(15)3-4-13(10)14-11(8-17-18-14)9-19(2)6-5-16/h3-4,7-8H,5-6,9,16H2,1-2H3,(H,17,18). The highest BCUT2D eigenvalue weighted by atomic mass is 35.5. The van der Waals surface area contributed by atoms with Crippen LogP contribution in [-0.2, 0) is 6.54 Å². The summed E-state index contributed by atoms with van der Waals surface area (Å²) in [6.45, 7) is 4.39. The molecule has 102 valence electrons. The molecule has 0 saturated carbocycles. The monoisotopic (exact) mass is 278 g/mol. The maximum absolute atomic E-state index is 5.99. The van der Waals surface area contributed by atoms with Crippen molar-refractivity contribution < 1.29 is 0 Å². The second-order valence-corrected chi connectivity index (χ2v) is 5.18. The van der Waals surface area contributed by atoms with Crippen molar-refractivity contribution in [1.29, 1.82) is 0 Å². The molecule has 0 fully saturated rings. The second-order valence-electron chi connectivity index (χ2n) is 4.74. The summed E-state index contributed by atoms with van der Waals surface area (Å²) >= 11 is 5.99. The molecule has 1 aromatic carbocycles. The Bertz CT molecular complexity index is 550. The number of rotatable bonds is 5. The second kappa shape index (κ2) is 6.19. The Labute approximate surface area is 118 Å². The minimum atomic E-state index is 0.656. The van der Waals surface area contributed by atoms with Gasteiger partial charge >= 0.3 is 0 Å². The van der Waals surface area contributed by atoms with Crippen molar-refractivity contribution in [3.63, 3.8) is 0 Å². The average Bonchev–Trinajstić information content (AvgIpc) is 2.77. The van der Waals surface area contributed by atoms with E-state index >= 15 is 0 Å². The van der Waals surface area contributed by atoms with Gasteiger partial charge in [-0.2, -0.15) is 5.10 Å². The van der Waals surface area contributed by atoms with E-state index in [2.05, 4.69) is 22.1 Å². The molecule has 1 aromatic heterocycles. The van der Waals surface area contributed by atoms with Crippen molar-refractivity contribution >= 4 is 11.6 Å². The van der Waals surface area contributed by atoms with Gasteiger partial charge in [0.05, 0.1) is 5.69 Å². The van der Waals surface area contributed by atoms with E-state index in [1.807, 2.05) is 31.3 Å². The van der Waals surface area contributed by atoms with Crippen molar-refractivity contribution in [2.45, 2.75) is 13.5 Å². The number of halogens is 1. The van der Waals surface area contributed by atoms with Gasteiger partial charge in [-0.3, -0.25) is 5.10 Å². The Morgan fingerprint density at radius 2 is 2.21 bits per heavy atom. The number of nitrogens with two attached hydrogens (primary N) is 1. The van der Waals surface area contributed by atoms with Crippen LogP contribution in [0.3, 0.4) is 0 Å². The van der Waals surface area contributed by atoms with E-state index < -0.39 is 0 Å². The molecule has 0 saturated heterocycles. The quantitative estimate of drug-likeness (QED) is 0.883. The number of aryl methyl sites for hydroxylation is 1. The van der Waals surface area contributed by atoms with Crippen molar-refractivity contribution in [1.82, 2.24) is 15.1 Å². The maximum Gasteiger partial charge on any atom is 0.0968 e. The summed E-state index contributed by atoms with van der Waals surface area (Å²) in [5.74, 6) is 0. The van der Waals surface area contributed by atoms with Crippen LogP contribution in [0.25, 0.3) is 11.3 Å². The number of nitrogens with zero attached hydrogens (tertiary/aromatic N) is 2. The predicted molar refractivity (Wildman–Crippen MR) is 79.2 cm³/mol. The van der Waals surface area contributed by atoms with Gasteiger partial charge in [0.15, 0.2) is 0 Å². The Morgan fingerprint density at radius 3 is 2.89 bits per heavy atom. The van der Waals surface area contributed by atoms with Crippen LogP contribution >= 0.6 is 11.6 Å². The van der Waals surface area contributed by atoms with E-state index in [-0.39, 0.29) is 0 Å². The first kappa shape index (κ1) is 14.1. The molecule has 19 heavy (non-hydrogen) atoms. The molecule has 1 heterocycles. The summed E-state index contributed by atoms with van der Waals surface area (Å²) < 4.78 is 0. The molecule has 0 bridgehead atoms. The lowest BCUT2D eigenvalue weighted by Crippen LogP contribution is -2.25. The van der Waals surface area contributed by atoms with Crippen LogP contribution in [0.5, 0.6) is 0 Å². The van der Waals surface area contributed by atoms with Crippen LogP contribution in [0.15, 0.2) is 24.4 Å². The summed E-state index contributed by atoms with van der Waals surface area (Å²) in [6, 6.07) is 5.87. The topological polar surface area (TPSA) is 57.9 Å². The van der Waals surface area contributed by atoms with Crippen LogP contribution < -0.4 is 5.73 Å². The maximum atomic E-state index is 5.99. The molecular weight excluding hydrogens is 260 g/mol. The Hall–Kier alpha value is -1.36. The molecule has 0 amide bonds. The summed E-state index contributed by atoms with van der Waals surface area (Å²) in [5, 5.41) is 8.06. The number of aromatic amines is 1. The highest BCUT2D eigenvalue weighted by Crippen LogP contribution is 2.27. The molecule has 0 spiro atoms. The highest BCUT2D eigenvalue weighted by Gasteiger charge is 2.12. The molecule has 0 aliphatic rings. The molecule has 2 rings (SSSR count). The zero-order valence-electron chi connectivity index (χ0n) is 11.3. The van der Waals surface area contributed by atoms with Gasteiger partial charge in [0.25, 0.3) is 0 Å². The number of hydrogen-bond donors (Lipinski definition) is 2. The van der Waals surface area contributed by atoms with E-state index in [0.29, 0.717) is 6.54 Å². The number of nitrogens with one attached hydrogen (secondary N) is 1. The molecule has 0 atom stereocenters. The molecule has 0 aliphatic heterocycles. The fourth-order valence-electron chi connectivity index (χ4n) is 2.15. The SMILES string of the molecule is Cc1cc(Cl)ccc1-c1n[nH]cc1CN(C)CCN. The summed E-state index contributed by atoms with van der Waals surface area (Å²) in [4.78, 5) is 2.18. The third-order valence-corrected chi connectivity index (χ3v) is 3.35. The van der Waals surface area contributed by atoms with Crippen LogP contribution in [0.1, 0.15) is 11.1 Å². The van der Waals surface area contributed by atoms with Crippen LogP contribution in [0.2, 0.25) is 5.02 Å². The van der Waals surface area contributed by atoms with Crippen molar-refractivity contribution in [3.8, 4) is 11.3 Å². The van der Waals surface area contributed by atoms with Crippen molar-refractivity contribution in [3.05, 3.63) is 40.5 Å². The first-order valence-corrected chi connectivity index (χ1v) is 6.67. The third kappa shape index (κ3) is 3.35. The Morgan fingerprint density at radius 1 is 1.42 bits per heavy atom. The summed E-state index contributed by atoms with van der Waals surface area (Å²) in [6.07, 6.45) is 1.94. The Kier molecular flexibility index (Phi) is 4.58. The van der Waals surface area contributed by atoms with Gasteiger partial charge in [0, 0.05) is 42.0 Å². The fourth-order valence-corrected chi connectivity index (χ4v) is 2.38. The number of benzene rings is 1. The van der Waals surface area contributed by atoms with E-state index in [4.69, 9.17) is 17.3 Å². The van der Waals surface area contributed by atoms with E-state index in [9.17, 15) is 0 Å². The summed E-state index contributed by atoms with van der Waals surface area (Å²) in [5.41, 5.74) is 9.96. The molecular formula is C14H19ClN4. The van der Waals surface area contributed by atoms with E-state index in [1.165, 1.54) is 5.56 Å². The van der Waals surface area contributed by atoms with Gasteiger partial charge in [-0.1, -0.05) is 17.7 Å². The number of aromatic nitrogens is 2. The first-order chi connectivity index (χ1) is 9.11. The van der Waals surface area contributed by atoms with Crippen LogP contribution in [0.4, 0.5) is 0 Å². The highest BCUT2D eigenvalue weighted by molar-refractivity contribution is 6.30. The minimum absolute atomic E-state index is 0.656. The lowest BCUT2D eigenvalue weighted by atomic mass is 10.0. The number of hydrogen-bond acceptors (Lipinski definition) is 3. The molecule has 0 radical (unpaired) electrons. The van der Waals surface area contributed by atoms with Gasteiger partial charge in [0.2, 0.25) is 0 Å².